The number of nitrogens with two attached hydrogens (primary N) is 2. The van der Waals surface area contributed by atoms with Gasteiger partial charge in [-0.25, -0.2) is 20.8 Å². The van der Waals surface area contributed by atoms with Crippen LogP contribution < -0.4 is 17.0 Å². The Morgan fingerprint density at radius 3 is 2.63 bits per heavy atom. The number of aromatic nitrogens is 2. The lowest BCUT2D eigenvalue weighted by atomic mass is 10.3. The summed E-state index contributed by atoms with van der Waals surface area (Å²) in [5.74, 6) is 5.88. The predicted molar refractivity (Wildman–Crippen MR) is 76.4 cm³/mol. The van der Waals surface area contributed by atoms with E-state index in [2.05, 4.69) is 20.4 Å². The number of benzene rings is 1. The maximum atomic E-state index is 6.05. The van der Waals surface area contributed by atoms with Gasteiger partial charge in [0.05, 0.1) is 15.7 Å². The van der Waals surface area contributed by atoms with Gasteiger partial charge < -0.3 is 11.2 Å². The number of nitrogen functional groups attached to an aromatic ring is 1. The summed E-state index contributed by atoms with van der Waals surface area (Å²) in [6, 6.07) is 5.08. The first-order valence-electron chi connectivity index (χ1n) is 5.19. The van der Waals surface area contributed by atoms with Gasteiger partial charge in [0.1, 0.15) is 5.69 Å². The minimum absolute atomic E-state index is 0.206. The van der Waals surface area contributed by atoms with Crippen LogP contribution in [0.3, 0.4) is 0 Å². The molecule has 19 heavy (non-hydrogen) atoms. The third kappa shape index (κ3) is 2.93. The van der Waals surface area contributed by atoms with Crippen molar-refractivity contribution < 1.29 is 0 Å². The zero-order chi connectivity index (χ0) is 13.8. The quantitative estimate of drug-likeness (QED) is 0.340. The highest BCUT2D eigenvalue weighted by Gasteiger charge is 2.11. The molecule has 2 rings (SSSR count). The molecule has 2 aromatic rings. The Morgan fingerprint density at radius 1 is 1.21 bits per heavy atom. The summed E-state index contributed by atoms with van der Waals surface area (Å²) in [6.07, 6.45) is 2.96. The number of amidine groups is 1. The summed E-state index contributed by atoms with van der Waals surface area (Å²) in [5, 5.41) is 0.714. The molecular weight excluding hydrogens is 287 g/mol. The number of hydrogen-bond donors (Lipinski definition) is 3. The van der Waals surface area contributed by atoms with Crippen LogP contribution >= 0.6 is 23.2 Å². The summed E-state index contributed by atoms with van der Waals surface area (Å²) >= 11 is 12.0. The minimum atomic E-state index is 0.206. The van der Waals surface area contributed by atoms with Crippen LogP contribution in [0, 0.1) is 0 Å². The number of nitrogens with one attached hydrogen (secondary N) is 1. The lowest BCUT2D eigenvalue weighted by Crippen LogP contribution is -2.32. The maximum absolute atomic E-state index is 6.05. The standard InChI is InChI=1S/C11H10Cl2N6/c12-6-2-1-3-7(8(6)13)18-11(19-15)9-10(14)17-5-4-16-9/h1-5H,15H2,(H2,14,17)(H,18,19). The Kier molecular flexibility index (Phi) is 4.16. The van der Waals surface area contributed by atoms with E-state index in [1.165, 1.54) is 12.4 Å². The van der Waals surface area contributed by atoms with Crippen LogP contribution in [0.15, 0.2) is 35.6 Å². The molecule has 1 aromatic heterocycles. The molecule has 0 atom stereocenters. The number of anilines is 1. The van der Waals surface area contributed by atoms with Gasteiger partial charge in [0.15, 0.2) is 11.7 Å². The van der Waals surface area contributed by atoms with Gasteiger partial charge in [-0.1, -0.05) is 29.3 Å². The Hall–Kier alpha value is -1.89. The molecule has 1 aromatic carbocycles. The van der Waals surface area contributed by atoms with E-state index in [1.54, 1.807) is 18.2 Å². The SMILES string of the molecule is NNC(=Nc1cccc(Cl)c1Cl)c1nccnc1N. The van der Waals surface area contributed by atoms with E-state index in [-0.39, 0.29) is 11.7 Å². The van der Waals surface area contributed by atoms with Crippen LogP contribution in [0.4, 0.5) is 11.5 Å². The van der Waals surface area contributed by atoms with Crippen molar-refractivity contribution in [3.8, 4) is 0 Å². The van der Waals surface area contributed by atoms with Crippen molar-refractivity contribution in [2.45, 2.75) is 0 Å². The van der Waals surface area contributed by atoms with Crippen molar-refractivity contribution >= 4 is 40.5 Å². The van der Waals surface area contributed by atoms with E-state index in [4.69, 9.17) is 34.8 Å². The summed E-state index contributed by atoms with van der Waals surface area (Å²) in [7, 11) is 0. The molecule has 0 aliphatic heterocycles. The van der Waals surface area contributed by atoms with Crippen LogP contribution in [0.5, 0.6) is 0 Å². The second-order valence-corrected chi connectivity index (χ2v) is 4.25. The molecule has 0 fully saturated rings. The second kappa shape index (κ2) is 5.83. The first-order valence-corrected chi connectivity index (χ1v) is 5.95. The van der Waals surface area contributed by atoms with E-state index >= 15 is 0 Å². The molecule has 98 valence electrons. The smallest absolute Gasteiger partial charge is 0.170 e. The van der Waals surface area contributed by atoms with Gasteiger partial charge in [0.25, 0.3) is 0 Å². The van der Waals surface area contributed by atoms with E-state index in [0.717, 1.165) is 0 Å². The average molecular weight is 297 g/mol. The molecule has 0 radical (unpaired) electrons. The molecule has 5 N–H and O–H groups in total. The zero-order valence-electron chi connectivity index (χ0n) is 9.64. The van der Waals surface area contributed by atoms with Gasteiger partial charge in [-0.3, -0.25) is 0 Å². The topological polar surface area (TPSA) is 102 Å². The van der Waals surface area contributed by atoms with Gasteiger partial charge in [0.2, 0.25) is 0 Å². The van der Waals surface area contributed by atoms with Crippen molar-refractivity contribution in [1.29, 1.82) is 0 Å². The van der Waals surface area contributed by atoms with E-state index < -0.39 is 0 Å². The molecule has 0 bridgehead atoms. The molecule has 0 amide bonds. The fourth-order valence-electron chi connectivity index (χ4n) is 1.38. The molecular formula is C11H10Cl2N6. The fraction of sp³-hybridized carbons (Fsp3) is 0. The largest absolute Gasteiger partial charge is 0.382 e. The van der Waals surface area contributed by atoms with Gasteiger partial charge in [0, 0.05) is 12.4 Å². The number of hydrazine groups is 1. The van der Waals surface area contributed by atoms with Crippen molar-refractivity contribution in [3.05, 3.63) is 46.3 Å². The van der Waals surface area contributed by atoms with Crippen molar-refractivity contribution in [2.24, 2.45) is 10.8 Å². The molecule has 0 aliphatic carbocycles. The van der Waals surface area contributed by atoms with Crippen LogP contribution in [-0.2, 0) is 0 Å². The van der Waals surface area contributed by atoms with Crippen LogP contribution in [-0.4, -0.2) is 15.8 Å². The Labute approximate surface area is 119 Å². The van der Waals surface area contributed by atoms with Crippen molar-refractivity contribution in [3.63, 3.8) is 0 Å². The second-order valence-electron chi connectivity index (χ2n) is 3.47. The summed E-state index contributed by atoms with van der Waals surface area (Å²) in [5.41, 5.74) is 8.92. The monoisotopic (exact) mass is 296 g/mol. The number of hydrogen-bond acceptors (Lipinski definition) is 5. The van der Waals surface area contributed by atoms with Gasteiger partial charge in [-0.15, -0.1) is 0 Å². The van der Waals surface area contributed by atoms with Gasteiger partial charge in [-0.05, 0) is 12.1 Å². The molecule has 6 nitrogen and oxygen atoms in total. The predicted octanol–water partition coefficient (Wildman–Crippen LogP) is 1.91. The summed E-state index contributed by atoms with van der Waals surface area (Å²) < 4.78 is 0. The molecule has 1 heterocycles. The van der Waals surface area contributed by atoms with E-state index in [9.17, 15) is 0 Å². The Morgan fingerprint density at radius 2 is 1.95 bits per heavy atom. The number of nitrogens with zero attached hydrogens (tertiary/aromatic N) is 3. The fourth-order valence-corrected chi connectivity index (χ4v) is 1.72. The lowest BCUT2D eigenvalue weighted by Gasteiger charge is -2.07. The zero-order valence-corrected chi connectivity index (χ0v) is 11.2. The molecule has 0 aliphatic rings. The van der Waals surface area contributed by atoms with Crippen molar-refractivity contribution in [1.82, 2.24) is 15.4 Å². The van der Waals surface area contributed by atoms with Crippen LogP contribution in [0.1, 0.15) is 5.69 Å². The van der Waals surface area contributed by atoms with Gasteiger partial charge >= 0.3 is 0 Å². The first-order chi connectivity index (χ1) is 9.13. The normalized spacial score (nSPS) is 11.4. The van der Waals surface area contributed by atoms with Crippen LogP contribution in [0.2, 0.25) is 10.0 Å². The number of halogens is 2. The molecule has 0 unspecified atom stereocenters. The number of aliphatic imine (C=N–C) groups is 1. The third-order valence-electron chi connectivity index (χ3n) is 2.25. The average Bonchev–Trinajstić information content (AvgIpc) is 2.41. The highest BCUT2D eigenvalue weighted by Crippen LogP contribution is 2.32. The molecule has 0 spiro atoms. The van der Waals surface area contributed by atoms with E-state index in [0.29, 0.717) is 21.4 Å². The maximum Gasteiger partial charge on any atom is 0.170 e. The molecule has 8 heteroatoms. The third-order valence-corrected chi connectivity index (χ3v) is 3.06. The lowest BCUT2D eigenvalue weighted by molar-refractivity contribution is 1.01. The van der Waals surface area contributed by atoms with Crippen molar-refractivity contribution in [2.75, 3.05) is 5.73 Å². The number of rotatable bonds is 2. The molecule has 0 saturated carbocycles. The minimum Gasteiger partial charge on any atom is -0.382 e. The molecule has 0 saturated heterocycles. The Bertz CT molecular complexity index is 628. The van der Waals surface area contributed by atoms with Gasteiger partial charge in [-0.2, -0.15) is 0 Å². The van der Waals surface area contributed by atoms with E-state index in [1.807, 2.05) is 0 Å². The summed E-state index contributed by atoms with van der Waals surface area (Å²) in [4.78, 5) is 12.2. The highest BCUT2D eigenvalue weighted by molar-refractivity contribution is 6.43. The van der Waals surface area contributed by atoms with Crippen LogP contribution in [0.25, 0.3) is 0 Å². The summed E-state index contributed by atoms with van der Waals surface area (Å²) in [6.45, 7) is 0. The Balaban J connectivity index is 2.51. The first kappa shape index (κ1) is 13.5. The highest BCUT2D eigenvalue weighted by atomic mass is 35.5.